The molecular weight excluding hydrogens is 226 g/mol. The molecule has 0 aliphatic rings. The lowest BCUT2D eigenvalue weighted by atomic mass is 10.00. The molecule has 1 N–H and O–H groups in total. The molecule has 0 radical (unpaired) electrons. The van der Waals surface area contributed by atoms with Crippen LogP contribution < -0.4 is 0 Å². The first kappa shape index (κ1) is 12.2. The number of hydrogen-bond donors (Lipinski definition) is 1. The Morgan fingerprint density at radius 2 is 2.00 bits per heavy atom. The molecular formula is C15H15NO2. The van der Waals surface area contributed by atoms with E-state index in [1.807, 2.05) is 48.8 Å². The monoisotopic (exact) mass is 241 g/mol. The third kappa shape index (κ3) is 2.88. The van der Waals surface area contributed by atoms with Crippen LogP contribution in [0.1, 0.15) is 18.1 Å². The van der Waals surface area contributed by atoms with Gasteiger partial charge in [-0.05, 0) is 29.7 Å². The van der Waals surface area contributed by atoms with E-state index in [4.69, 9.17) is 4.74 Å². The molecule has 2 rings (SSSR count). The molecule has 0 bridgehead atoms. The zero-order valence-electron chi connectivity index (χ0n) is 10.2. The average Bonchev–Trinajstić information content (AvgIpc) is 2.91. The van der Waals surface area contributed by atoms with Gasteiger partial charge in [-0.1, -0.05) is 30.3 Å². The molecule has 1 heterocycles. The lowest BCUT2D eigenvalue weighted by molar-refractivity contribution is -0.137. The number of benzene rings is 1. The van der Waals surface area contributed by atoms with Gasteiger partial charge in [-0.25, -0.2) is 4.79 Å². The second-order valence-electron chi connectivity index (χ2n) is 3.78. The minimum atomic E-state index is -0.322. The second-order valence-corrected chi connectivity index (χ2v) is 3.78. The van der Waals surface area contributed by atoms with Crippen molar-refractivity contribution >= 4 is 11.5 Å². The molecule has 92 valence electrons. The van der Waals surface area contributed by atoms with Crippen molar-refractivity contribution in [3.05, 3.63) is 66.0 Å². The van der Waals surface area contributed by atoms with E-state index in [-0.39, 0.29) is 5.97 Å². The Morgan fingerprint density at radius 3 is 2.61 bits per heavy atom. The summed E-state index contributed by atoms with van der Waals surface area (Å²) in [6, 6.07) is 11.7. The molecule has 0 atom stereocenters. The van der Waals surface area contributed by atoms with Crippen LogP contribution in [0.4, 0.5) is 0 Å². The summed E-state index contributed by atoms with van der Waals surface area (Å²) in [5.41, 5.74) is 2.81. The second kappa shape index (κ2) is 5.87. The summed E-state index contributed by atoms with van der Waals surface area (Å²) in [7, 11) is 0. The quantitative estimate of drug-likeness (QED) is 0.660. The van der Waals surface area contributed by atoms with Gasteiger partial charge in [0.25, 0.3) is 0 Å². The molecule has 0 aliphatic heterocycles. The van der Waals surface area contributed by atoms with Crippen LogP contribution in [0.5, 0.6) is 0 Å². The summed E-state index contributed by atoms with van der Waals surface area (Å²) in [5, 5.41) is 0. The number of aromatic nitrogens is 1. The van der Waals surface area contributed by atoms with Crippen molar-refractivity contribution in [3.63, 3.8) is 0 Å². The van der Waals surface area contributed by atoms with Crippen LogP contribution in [-0.2, 0) is 9.53 Å². The van der Waals surface area contributed by atoms with Crippen molar-refractivity contribution in [1.29, 1.82) is 0 Å². The third-order valence-electron chi connectivity index (χ3n) is 2.54. The van der Waals surface area contributed by atoms with Gasteiger partial charge in [0.15, 0.2) is 0 Å². The lowest BCUT2D eigenvalue weighted by Crippen LogP contribution is -2.01. The Balaban J connectivity index is 2.39. The molecule has 3 nitrogen and oxygen atoms in total. The molecule has 2 aromatic rings. The summed E-state index contributed by atoms with van der Waals surface area (Å²) < 4.78 is 4.97. The van der Waals surface area contributed by atoms with Crippen molar-refractivity contribution in [2.24, 2.45) is 0 Å². The Bertz CT molecular complexity index is 527. The Labute approximate surface area is 106 Å². The van der Waals surface area contributed by atoms with E-state index in [1.54, 1.807) is 6.92 Å². The Hall–Kier alpha value is -2.29. The van der Waals surface area contributed by atoms with Crippen LogP contribution in [0.3, 0.4) is 0 Å². The van der Waals surface area contributed by atoms with Gasteiger partial charge in [-0.3, -0.25) is 0 Å². The zero-order chi connectivity index (χ0) is 12.8. The maximum absolute atomic E-state index is 11.6. The number of carbonyl (C=O) groups excluding carboxylic acids is 1. The topological polar surface area (TPSA) is 42.1 Å². The van der Waals surface area contributed by atoms with E-state index in [2.05, 4.69) is 4.98 Å². The molecule has 18 heavy (non-hydrogen) atoms. The highest BCUT2D eigenvalue weighted by Crippen LogP contribution is 2.22. The van der Waals surface area contributed by atoms with Gasteiger partial charge in [0.2, 0.25) is 0 Å². The van der Waals surface area contributed by atoms with Crippen molar-refractivity contribution in [3.8, 4) is 0 Å². The lowest BCUT2D eigenvalue weighted by Gasteiger charge is -2.06. The van der Waals surface area contributed by atoms with Gasteiger partial charge in [-0.2, -0.15) is 0 Å². The normalized spacial score (nSPS) is 11.3. The largest absolute Gasteiger partial charge is 0.463 e. The molecule has 1 aromatic heterocycles. The smallest absolute Gasteiger partial charge is 0.331 e. The molecule has 0 spiro atoms. The van der Waals surface area contributed by atoms with Crippen LogP contribution in [0.25, 0.3) is 5.57 Å². The van der Waals surface area contributed by atoms with Gasteiger partial charge in [0.05, 0.1) is 6.61 Å². The van der Waals surface area contributed by atoms with Crippen LogP contribution in [-0.4, -0.2) is 17.6 Å². The highest BCUT2D eigenvalue weighted by Gasteiger charge is 2.08. The maximum atomic E-state index is 11.6. The van der Waals surface area contributed by atoms with Crippen molar-refractivity contribution in [2.75, 3.05) is 6.61 Å². The van der Waals surface area contributed by atoms with Gasteiger partial charge in [-0.15, -0.1) is 0 Å². The fraction of sp³-hybridized carbons (Fsp3) is 0.133. The molecule has 0 saturated heterocycles. The SMILES string of the molecule is CCOC(=O)/C=C(/c1ccccc1)c1cc[nH]c1. The first-order valence-corrected chi connectivity index (χ1v) is 5.88. The van der Waals surface area contributed by atoms with E-state index in [0.717, 1.165) is 16.7 Å². The summed E-state index contributed by atoms with van der Waals surface area (Å²) in [6.45, 7) is 2.18. The van der Waals surface area contributed by atoms with E-state index in [1.165, 1.54) is 6.08 Å². The highest BCUT2D eigenvalue weighted by molar-refractivity contribution is 5.96. The van der Waals surface area contributed by atoms with E-state index in [0.29, 0.717) is 6.61 Å². The standard InChI is InChI=1S/C15H15NO2/c1-2-18-15(17)10-14(13-8-9-16-11-13)12-6-4-3-5-7-12/h3-11,16H,2H2,1H3/b14-10-. The zero-order valence-corrected chi connectivity index (χ0v) is 10.2. The fourth-order valence-electron chi connectivity index (χ4n) is 1.74. The molecule has 3 heteroatoms. The van der Waals surface area contributed by atoms with Crippen molar-refractivity contribution in [1.82, 2.24) is 4.98 Å². The number of H-pyrrole nitrogens is 1. The van der Waals surface area contributed by atoms with Crippen LogP contribution in [0, 0.1) is 0 Å². The van der Waals surface area contributed by atoms with Gasteiger partial charge in [0.1, 0.15) is 0 Å². The number of hydrogen-bond acceptors (Lipinski definition) is 2. The number of esters is 1. The average molecular weight is 241 g/mol. The fourth-order valence-corrected chi connectivity index (χ4v) is 1.74. The first-order valence-electron chi connectivity index (χ1n) is 5.88. The van der Waals surface area contributed by atoms with Crippen molar-refractivity contribution in [2.45, 2.75) is 6.92 Å². The predicted molar refractivity (Wildman–Crippen MR) is 70.9 cm³/mol. The third-order valence-corrected chi connectivity index (χ3v) is 2.54. The molecule has 0 aliphatic carbocycles. The van der Waals surface area contributed by atoms with Crippen molar-refractivity contribution < 1.29 is 9.53 Å². The van der Waals surface area contributed by atoms with Crippen LogP contribution in [0.2, 0.25) is 0 Å². The number of rotatable bonds is 4. The van der Waals surface area contributed by atoms with E-state index >= 15 is 0 Å². The summed E-state index contributed by atoms with van der Waals surface area (Å²) in [4.78, 5) is 14.6. The molecule has 0 amide bonds. The van der Waals surface area contributed by atoms with Gasteiger partial charge >= 0.3 is 5.97 Å². The number of carbonyl (C=O) groups is 1. The first-order chi connectivity index (χ1) is 8.81. The number of aromatic amines is 1. The number of nitrogens with one attached hydrogen (secondary N) is 1. The number of ether oxygens (including phenoxy) is 1. The Kier molecular flexibility index (Phi) is 3.97. The van der Waals surface area contributed by atoms with Gasteiger partial charge < -0.3 is 9.72 Å². The minimum absolute atomic E-state index is 0.322. The molecule has 1 aromatic carbocycles. The highest BCUT2D eigenvalue weighted by atomic mass is 16.5. The summed E-state index contributed by atoms with van der Waals surface area (Å²) >= 11 is 0. The molecule has 0 saturated carbocycles. The summed E-state index contributed by atoms with van der Waals surface area (Å²) in [5.74, 6) is -0.322. The summed E-state index contributed by atoms with van der Waals surface area (Å²) in [6.07, 6.45) is 5.22. The van der Waals surface area contributed by atoms with Crippen LogP contribution in [0.15, 0.2) is 54.9 Å². The predicted octanol–water partition coefficient (Wildman–Crippen LogP) is 3.01. The van der Waals surface area contributed by atoms with Crippen LogP contribution >= 0.6 is 0 Å². The molecule has 0 unspecified atom stereocenters. The Morgan fingerprint density at radius 1 is 1.22 bits per heavy atom. The van der Waals surface area contributed by atoms with E-state index in [9.17, 15) is 4.79 Å². The van der Waals surface area contributed by atoms with Gasteiger partial charge in [0, 0.05) is 18.5 Å². The minimum Gasteiger partial charge on any atom is -0.463 e. The maximum Gasteiger partial charge on any atom is 0.331 e. The molecule has 0 fully saturated rings. The van der Waals surface area contributed by atoms with E-state index < -0.39 is 0 Å².